The van der Waals surface area contributed by atoms with Gasteiger partial charge in [0, 0.05) is 0 Å². The molecule has 0 aromatic heterocycles. The van der Waals surface area contributed by atoms with Crippen LogP contribution >= 0.6 is 17.0 Å². The van der Waals surface area contributed by atoms with Gasteiger partial charge in [0.1, 0.15) is 0 Å². The van der Waals surface area contributed by atoms with Crippen molar-refractivity contribution in [3.8, 4) is 0 Å². The summed E-state index contributed by atoms with van der Waals surface area (Å²) in [7, 11) is 11.2. The van der Waals surface area contributed by atoms with Crippen molar-refractivity contribution >= 4 is 33.2 Å². The summed E-state index contributed by atoms with van der Waals surface area (Å²) < 4.78 is 0. The van der Waals surface area contributed by atoms with Gasteiger partial charge in [-0.1, -0.05) is 6.07 Å². The van der Waals surface area contributed by atoms with Crippen molar-refractivity contribution in [1.29, 1.82) is 0 Å². The molecule has 0 aliphatic rings. The molecule has 0 aliphatic carbocycles. The SMILES string of the molecule is C[Si](C)=[Zr]([Cl])[Cl].c1cc[cH-]c1.c1ccc2[cH-]ccc2c1. The molecule has 0 atom stereocenters. The molecule has 0 heterocycles. The van der Waals surface area contributed by atoms with Crippen molar-refractivity contribution in [3.63, 3.8) is 0 Å². The molecule has 0 amide bonds. The Bertz CT molecular complexity index is 561. The summed E-state index contributed by atoms with van der Waals surface area (Å²) in [6.07, 6.45) is 0. The van der Waals surface area contributed by atoms with E-state index in [0.29, 0.717) is 0 Å². The van der Waals surface area contributed by atoms with Gasteiger partial charge in [0.15, 0.2) is 0 Å². The molecule has 3 aromatic carbocycles. The van der Waals surface area contributed by atoms with Gasteiger partial charge < -0.3 is 0 Å². The Balaban J connectivity index is 0.000000160. The fourth-order valence-corrected chi connectivity index (χ4v) is 1.39. The van der Waals surface area contributed by atoms with Crippen molar-refractivity contribution in [2.75, 3.05) is 0 Å². The second-order valence-electron chi connectivity index (χ2n) is 4.38. The van der Waals surface area contributed by atoms with E-state index in [0.717, 1.165) is 0 Å². The Morgan fingerprint density at radius 1 is 0.900 bits per heavy atom. The molecule has 106 valence electrons. The van der Waals surface area contributed by atoms with Crippen LogP contribution in [0.2, 0.25) is 13.1 Å². The maximum absolute atomic E-state index is 5.62. The van der Waals surface area contributed by atoms with Gasteiger partial charge in [-0.15, -0.1) is 29.7 Å². The third-order valence-corrected chi connectivity index (χ3v) is 22.2. The molecule has 0 radical (unpaired) electrons. The van der Waals surface area contributed by atoms with Gasteiger partial charge in [-0.25, -0.2) is 12.1 Å². The summed E-state index contributed by atoms with van der Waals surface area (Å²) >= 11 is -1.65. The fourth-order valence-electron chi connectivity index (χ4n) is 1.39. The summed E-state index contributed by atoms with van der Waals surface area (Å²) in [4.78, 5) is 0. The molecule has 20 heavy (non-hydrogen) atoms. The van der Waals surface area contributed by atoms with Crippen LogP contribution in [0.5, 0.6) is 0 Å². The molecule has 0 nitrogen and oxygen atoms in total. The summed E-state index contributed by atoms with van der Waals surface area (Å²) in [5, 5.41) is 2.66. The summed E-state index contributed by atoms with van der Waals surface area (Å²) in [5.41, 5.74) is -0.224. The van der Waals surface area contributed by atoms with Crippen molar-refractivity contribution < 1.29 is 18.0 Å². The number of hydrogen-bond acceptors (Lipinski definition) is 0. The smallest absolute Gasteiger partial charge is 0.0809 e. The van der Waals surface area contributed by atoms with Crippen LogP contribution in [0.4, 0.5) is 0 Å². The predicted molar refractivity (Wildman–Crippen MR) is 90.8 cm³/mol. The molecule has 0 bridgehead atoms. The zero-order valence-corrected chi connectivity index (χ0v) is 16.7. The quantitative estimate of drug-likeness (QED) is 0.315. The number of benzene rings is 1. The van der Waals surface area contributed by atoms with E-state index in [1.165, 1.54) is 10.8 Å². The minimum atomic E-state index is -1.65. The van der Waals surface area contributed by atoms with Gasteiger partial charge in [0.25, 0.3) is 0 Å². The van der Waals surface area contributed by atoms with Crippen LogP contribution in [0.3, 0.4) is 0 Å². The molecule has 0 aliphatic heterocycles. The second-order valence-corrected chi connectivity index (χ2v) is 27.4. The van der Waals surface area contributed by atoms with Crippen molar-refractivity contribution in [1.82, 2.24) is 0 Å². The molecule has 0 fully saturated rings. The molecule has 0 spiro atoms. The van der Waals surface area contributed by atoms with Crippen molar-refractivity contribution in [2.24, 2.45) is 0 Å². The van der Waals surface area contributed by atoms with Gasteiger partial charge in [-0.05, 0) is 0 Å². The zero-order chi connectivity index (χ0) is 14.8. The third kappa shape index (κ3) is 7.59. The maximum atomic E-state index is 5.62. The van der Waals surface area contributed by atoms with E-state index in [1.807, 2.05) is 30.3 Å². The topological polar surface area (TPSA) is 0 Å². The minimum absolute atomic E-state index is 0.224. The van der Waals surface area contributed by atoms with Gasteiger partial charge >= 0.3 is 53.5 Å². The Labute approximate surface area is 136 Å². The number of rotatable bonds is 0. The maximum Gasteiger partial charge on any atom is -0.0809 e. The van der Waals surface area contributed by atoms with Crippen molar-refractivity contribution in [3.05, 3.63) is 72.8 Å². The molecule has 0 saturated carbocycles. The monoisotopic (exact) mass is 398 g/mol. The first-order chi connectivity index (χ1) is 9.61. The van der Waals surface area contributed by atoms with Crippen LogP contribution in [0.1, 0.15) is 0 Å². The third-order valence-electron chi connectivity index (χ3n) is 2.48. The van der Waals surface area contributed by atoms with Crippen LogP contribution in [-0.4, -0.2) is 5.43 Å². The van der Waals surface area contributed by atoms with Gasteiger partial charge in [0.2, 0.25) is 0 Å². The standard InChI is InChI=1S/C9H7.C5H5.C2H6Si.2ClH.Zr/c1-2-5-9-7-3-6-8(9)4-1;1-2-4-5-3-1;1-3-2;;;/h1-7H;1-5H;1-2H3;2*1H;/q2*-1;;;;+2/p-2. The van der Waals surface area contributed by atoms with Crippen LogP contribution in [-0.2, 0) is 18.0 Å². The van der Waals surface area contributed by atoms with Gasteiger partial charge in [-0.3, -0.25) is 0 Å². The van der Waals surface area contributed by atoms with Crippen molar-refractivity contribution in [2.45, 2.75) is 13.1 Å². The van der Waals surface area contributed by atoms with E-state index in [4.69, 9.17) is 17.0 Å². The number of hydrogen-bond donors (Lipinski definition) is 0. The van der Waals surface area contributed by atoms with E-state index in [-0.39, 0.29) is 5.43 Å². The Kier molecular flexibility index (Phi) is 9.46. The molecular weight excluding hydrogens is 382 g/mol. The summed E-state index contributed by atoms with van der Waals surface area (Å²) in [6.45, 7) is 4.33. The Morgan fingerprint density at radius 2 is 1.50 bits per heavy atom. The van der Waals surface area contributed by atoms with E-state index in [1.54, 1.807) is 0 Å². The predicted octanol–water partition coefficient (Wildman–Crippen LogP) is 6.13. The first-order valence-corrected chi connectivity index (χ1v) is 18.9. The molecule has 0 unspecified atom stereocenters. The average Bonchev–Trinajstić information content (AvgIpc) is 3.14. The molecule has 3 rings (SSSR count). The molecule has 4 heteroatoms. The molecule has 3 aromatic rings. The number of fused-ring (bicyclic) bond motifs is 1. The first kappa shape index (κ1) is 17.9. The minimum Gasteiger partial charge on any atom is -0.214 e. The van der Waals surface area contributed by atoms with Gasteiger partial charge in [0.05, 0.1) is 0 Å². The fraction of sp³-hybridized carbons (Fsp3) is 0.125. The van der Waals surface area contributed by atoms with Crippen LogP contribution in [0.25, 0.3) is 10.8 Å². The number of halogens is 2. The summed E-state index contributed by atoms with van der Waals surface area (Å²) in [5.74, 6) is 0. The molecule has 0 saturated heterocycles. The average molecular weight is 401 g/mol. The van der Waals surface area contributed by atoms with Crippen LogP contribution < -0.4 is 0 Å². The van der Waals surface area contributed by atoms with E-state index >= 15 is 0 Å². The molecule has 0 N–H and O–H groups in total. The van der Waals surface area contributed by atoms with Crippen LogP contribution in [0, 0.1) is 0 Å². The van der Waals surface area contributed by atoms with E-state index in [2.05, 4.69) is 55.6 Å². The first-order valence-electron chi connectivity index (χ1n) is 6.37. The normalized spacial score (nSPS) is 9.00. The summed E-state index contributed by atoms with van der Waals surface area (Å²) in [6, 6.07) is 24.7. The largest absolute Gasteiger partial charge is 0.214 e. The Morgan fingerprint density at radius 3 is 1.95 bits per heavy atom. The van der Waals surface area contributed by atoms with Crippen LogP contribution in [0.15, 0.2) is 72.8 Å². The molecular formula is C16H18Cl2SiZr-2. The van der Waals surface area contributed by atoms with E-state index < -0.39 is 18.0 Å². The zero-order valence-electron chi connectivity index (χ0n) is 11.7. The Hall–Kier alpha value is -0.140. The van der Waals surface area contributed by atoms with Gasteiger partial charge in [-0.2, -0.15) is 35.7 Å². The second kappa shape index (κ2) is 10.6. The van der Waals surface area contributed by atoms with E-state index in [9.17, 15) is 0 Å².